The maximum atomic E-state index is 11.7. The van der Waals surface area contributed by atoms with Gasteiger partial charge >= 0.3 is 0 Å². The SMILES string of the molecule is CCCCCOc1ccc(NC(=S)NC(=O)c2ccno2)cc1. The zero-order valence-corrected chi connectivity index (χ0v) is 13.7. The number of nitrogens with zero attached hydrogens (tertiary/aromatic N) is 1. The molecular formula is C16H19N3O3S. The zero-order chi connectivity index (χ0) is 16.5. The van der Waals surface area contributed by atoms with E-state index in [4.69, 9.17) is 21.5 Å². The van der Waals surface area contributed by atoms with Gasteiger partial charge in [0, 0.05) is 11.8 Å². The van der Waals surface area contributed by atoms with Gasteiger partial charge in [-0.2, -0.15) is 0 Å². The van der Waals surface area contributed by atoms with Gasteiger partial charge in [-0.1, -0.05) is 24.9 Å². The maximum Gasteiger partial charge on any atom is 0.296 e. The first-order chi connectivity index (χ1) is 11.2. The van der Waals surface area contributed by atoms with E-state index in [1.165, 1.54) is 25.1 Å². The van der Waals surface area contributed by atoms with E-state index < -0.39 is 5.91 Å². The summed E-state index contributed by atoms with van der Waals surface area (Å²) < 4.78 is 10.4. The van der Waals surface area contributed by atoms with Crippen LogP contribution in [0.1, 0.15) is 36.7 Å². The third-order valence-corrected chi connectivity index (χ3v) is 3.22. The van der Waals surface area contributed by atoms with Crippen LogP contribution in [0.3, 0.4) is 0 Å². The Morgan fingerprint density at radius 1 is 1.26 bits per heavy atom. The van der Waals surface area contributed by atoms with Crippen molar-refractivity contribution in [2.75, 3.05) is 11.9 Å². The summed E-state index contributed by atoms with van der Waals surface area (Å²) in [4.78, 5) is 11.7. The fraction of sp³-hybridized carbons (Fsp3) is 0.312. The van der Waals surface area contributed by atoms with Gasteiger partial charge < -0.3 is 14.6 Å². The van der Waals surface area contributed by atoms with E-state index in [2.05, 4.69) is 22.7 Å². The molecule has 0 fully saturated rings. The van der Waals surface area contributed by atoms with Crippen LogP contribution in [-0.2, 0) is 0 Å². The molecule has 2 rings (SSSR count). The molecule has 7 heteroatoms. The van der Waals surface area contributed by atoms with Crippen LogP contribution in [0, 0.1) is 0 Å². The molecule has 1 amide bonds. The number of rotatable bonds is 7. The van der Waals surface area contributed by atoms with E-state index >= 15 is 0 Å². The van der Waals surface area contributed by atoms with Crippen LogP contribution in [0.4, 0.5) is 5.69 Å². The van der Waals surface area contributed by atoms with Gasteiger partial charge in [0.2, 0.25) is 5.76 Å². The lowest BCUT2D eigenvalue weighted by Crippen LogP contribution is -2.33. The Morgan fingerprint density at radius 3 is 2.70 bits per heavy atom. The predicted molar refractivity (Wildman–Crippen MR) is 91.7 cm³/mol. The van der Waals surface area contributed by atoms with Crippen LogP contribution in [0.2, 0.25) is 0 Å². The monoisotopic (exact) mass is 333 g/mol. The number of nitrogens with one attached hydrogen (secondary N) is 2. The Kier molecular flexibility index (Phi) is 6.56. The number of thiocarbonyl (C=S) groups is 1. The lowest BCUT2D eigenvalue weighted by atomic mass is 10.2. The van der Waals surface area contributed by atoms with Crippen molar-refractivity contribution in [1.82, 2.24) is 10.5 Å². The molecule has 122 valence electrons. The molecule has 0 spiro atoms. The molecule has 2 N–H and O–H groups in total. The highest BCUT2D eigenvalue weighted by Crippen LogP contribution is 2.16. The van der Waals surface area contributed by atoms with Gasteiger partial charge in [-0.25, -0.2) is 0 Å². The Bertz CT molecular complexity index is 627. The largest absolute Gasteiger partial charge is 0.494 e. The van der Waals surface area contributed by atoms with Gasteiger partial charge in [0.1, 0.15) is 5.75 Å². The highest BCUT2D eigenvalue weighted by Gasteiger charge is 2.11. The molecule has 0 bridgehead atoms. The molecule has 1 aromatic carbocycles. The second-order valence-electron chi connectivity index (χ2n) is 4.86. The first-order valence-electron chi connectivity index (χ1n) is 7.45. The first-order valence-corrected chi connectivity index (χ1v) is 7.85. The van der Waals surface area contributed by atoms with Crippen molar-refractivity contribution in [2.45, 2.75) is 26.2 Å². The van der Waals surface area contributed by atoms with Crippen molar-refractivity contribution in [3.8, 4) is 5.75 Å². The zero-order valence-electron chi connectivity index (χ0n) is 12.9. The number of carbonyl (C=O) groups is 1. The lowest BCUT2D eigenvalue weighted by Gasteiger charge is -2.10. The van der Waals surface area contributed by atoms with E-state index in [-0.39, 0.29) is 10.9 Å². The van der Waals surface area contributed by atoms with Crippen LogP contribution < -0.4 is 15.4 Å². The van der Waals surface area contributed by atoms with E-state index in [0.29, 0.717) is 6.61 Å². The van der Waals surface area contributed by atoms with E-state index in [0.717, 1.165) is 17.9 Å². The van der Waals surface area contributed by atoms with Crippen molar-refractivity contribution in [2.24, 2.45) is 0 Å². The smallest absolute Gasteiger partial charge is 0.296 e. The van der Waals surface area contributed by atoms with E-state index in [1.807, 2.05) is 24.3 Å². The van der Waals surface area contributed by atoms with Crippen LogP contribution in [0.15, 0.2) is 41.1 Å². The molecule has 23 heavy (non-hydrogen) atoms. The van der Waals surface area contributed by atoms with Gasteiger partial charge in [0.15, 0.2) is 5.11 Å². The van der Waals surface area contributed by atoms with E-state index in [9.17, 15) is 4.79 Å². The fourth-order valence-electron chi connectivity index (χ4n) is 1.84. The molecule has 0 saturated carbocycles. The van der Waals surface area contributed by atoms with Crippen LogP contribution in [0.5, 0.6) is 5.75 Å². The summed E-state index contributed by atoms with van der Waals surface area (Å²) in [5, 5.41) is 9.08. The molecule has 2 aromatic rings. The summed E-state index contributed by atoms with van der Waals surface area (Å²) >= 11 is 5.08. The standard InChI is InChI=1S/C16H19N3O3S/c1-2-3-4-11-21-13-7-5-12(6-8-13)18-16(23)19-15(20)14-9-10-17-22-14/h5-10H,2-4,11H2,1H3,(H2,18,19,20,23). The van der Waals surface area contributed by atoms with E-state index in [1.54, 1.807) is 0 Å². The van der Waals surface area contributed by atoms with Gasteiger partial charge in [-0.3, -0.25) is 10.1 Å². The number of hydrogen-bond acceptors (Lipinski definition) is 5. The minimum Gasteiger partial charge on any atom is -0.494 e. The van der Waals surface area contributed by atoms with Gasteiger partial charge in [-0.05, 0) is 42.9 Å². The summed E-state index contributed by atoms with van der Waals surface area (Å²) in [7, 11) is 0. The Labute approximate surface area is 140 Å². The number of carbonyl (C=O) groups excluding carboxylic acids is 1. The lowest BCUT2D eigenvalue weighted by molar-refractivity contribution is 0.0941. The summed E-state index contributed by atoms with van der Waals surface area (Å²) in [6.07, 6.45) is 4.78. The number of hydrogen-bond donors (Lipinski definition) is 2. The molecule has 0 aliphatic carbocycles. The molecule has 0 aliphatic heterocycles. The first kappa shape index (κ1) is 17.0. The predicted octanol–water partition coefficient (Wildman–Crippen LogP) is 3.37. The molecular weight excluding hydrogens is 314 g/mol. The molecule has 0 radical (unpaired) electrons. The van der Waals surface area contributed by atoms with Gasteiger partial charge in [-0.15, -0.1) is 0 Å². The molecule has 1 heterocycles. The van der Waals surface area contributed by atoms with Crippen molar-refractivity contribution in [3.63, 3.8) is 0 Å². The average molecular weight is 333 g/mol. The second-order valence-corrected chi connectivity index (χ2v) is 5.27. The number of unbranched alkanes of at least 4 members (excludes halogenated alkanes) is 2. The average Bonchev–Trinajstić information content (AvgIpc) is 3.07. The number of anilines is 1. The highest BCUT2D eigenvalue weighted by atomic mass is 32.1. The van der Waals surface area contributed by atoms with Crippen molar-refractivity contribution < 1.29 is 14.1 Å². The quantitative estimate of drug-likeness (QED) is 0.597. The number of benzene rings is 1. The fourth-order valence-corrected chi connectivity index (χ4v) is 2.05. The summed E-state index contributed by atoms with van der Waals surface area (Å²) in [5.74, 6) is 0.462. The Balaban J connectivity index is 1.78. The topological polar surface area (TPSA) is 76.4 Å². The maximum absolute atomic E-state index is 11.7. The van der Waals surface area contributed by atoms with Crippen molar-refractivity contribution in [1.29, 1.82) is 0 Å². The van der Waals surface area contributed by atoms with Gasteiger partial charge in [0.25, 0.3) is 5.91 Å². The van der Waals surface area contributed by atoms with Crippen molar-refractivity contribution in [3.05, 3.63) is 42.3 Å². The van der Waals surface area contributed by atoms with Crippen LogP contribution in [0.25, 0.3) is 0 Å². The molecule has 0 aliphatic rings. The Hall–Kier alpha value is -2.41. The number of aromatic nitrogens is 1. The minimum absolute atomic E-state index is 0.102. The number of amides is 1. The Morgan fingerprint density at radius 2 is 2.04 bits per heavy atom. The normalized spacial score (nSPS) is 10.1. The summed E-state index contributed by atoms with van der Waals surface area (Å²) in [6, 6.07) is 8.84. The highest BCUT2D eigenvalue weighted by molar-refractivity contribution is 7.80. The molecule has 1 aromatic heterocycles. The molecule has 0 atom stereocenters. The van der Waals surface area contributed by atoms with Crippen molar-refractivity contribution >= 4 is 28.9 Å². The number of ether oxygens (including phenoxy) is 1. The molecule has 6 nitrogen and oxygen atoms in total. The summed E-state index contributed by atoms with van der Waals surface area (Å²) in [6.45, 7) is 2.87. The van der Waals surface area contributed by atoms with Crippen LogP contribution >= 0.6 is 12.2 Å². The second kappa shape index (κ2) is 8.89. The summed E-state index contributed by atoms with van der Waals surface area (Å²) in [5.41, 5.74) is 0.758. The molecule has 0 saturated heterocycles. The third kappa shape index (κ3) is 5.71. The molecule has 0 unspecified atom stereocenters. The third-order valence-electron chi connectivity index (χ3n) is 3.02. The van der Waals surface area contributed by atoms with Gasteiger partial charge in [0.05, 0.1) is 12.8 Å². The van der Waals surface area contributed by atoms with Crippen LogP contribution in [-0.4, -0.2) is 22.8 Å². The minimum atomic E-state index is -0.448.